The molecule has 134 valence electrons. The Hall–Kier alpha value is -1.82. The molecule has 0 aromatic heterocycles. The summed E-state index contributed by atoms with van der Waals surface area (Å²) in [6, 6.07) is 3.98. The maximum Gasteiger partial charge on any atom is 0.319 e. The van der Waals surface area contributed by atoms with Crippen LogP contribution in [-0.4, -0.2) is 42.7 Å². The number of carbonyl (C=O) groups excluding carboxylic acids is 1. The lowest BCUT2D eigenvalue weighted by molar-refractivity contribution is 0.196. The van der Waals surface area contributed by atoms with E-state index in [-0.39, 0.29) is 18.2 Å². The summed E-state index contributed by atoms with van der Waals surface area (Å²) in [6.07, 6.45) is 2.97. The van der Waals surface area contributed by atoms with Gasteiger partial charge in [-0.05, 0) is 51.8 Å². The topological polar surface area (TPSA) is 53.6 Å². The monoisotopic (exact) mass is 337 g/mol. The number of ether oxygens (including phenoxy) is 1. The fourth-order valence-electron chi connectivity index (χ4n) is 2.92. The van der Waals surface area contributed by atoms with E-state index < -0.39 is 5.82 Å². The minimum atomic E-state index is -0.408. The van der Waals surface area contributed by atoms with Gasteiger partial charge in [0.2, 0.25) is 0 Å². The molecule has 0 radical (unpaired) electrons. The van der Waals surface area contributed by atoms with Crippen LogP contribution in [-0.2, 0) is 0 Å². The fourth-order valence-corrected chi connectivity index (χ4v) is 2.92. The molecule has 0 spiro atoms. The van der Waals surface area contributed by atoms with E-state index in [0.717, 1.165) is 38.9 Å². The van der Waals surface area contributed by atoms with Crippen molar-refractivity contribution in [3.63, 3.8) is 0 Å². The molecule has 0 unspecified atom stereocenters. The fraction of sp³-hybridized carbons (Fsp3) is 0.611. The summed E-state index contributed by atoms with van der Waals surface area (Å²) in [4.78, 5) is 14.6. The average molecular weight is 337 g/mol. The summed E-state index contributed by atoms with van der Waals surface area (Å²) in [5.41, 5.74) is 0.351. The first-order valence-corrected chi connectivity index (χ1v) is 8.74. The van der Waals surface area contributed by atoms with Crippen molar-refractivity contribution in [1.82, 2.24) is 10.2 Å². The molecule has 0 atom stereocenters. The van der Waals surface area contributed by atoms with Gasteiger partial charge >= 0.3 is 6.03 Å². The molecule has 0 saturated carbocycles. The Bertz CT molecular complexity index is 543. The van der Waals surface area contributed by atoms with Crippen LogP contribution in [0.5, 0.6) is 5.75 Å². The third-order valence-electron chi connectivity index (χ3n) is 4.02. The number of hydrogen-bond donors (Lipinski definition) is 2. The molecule has 0 aliphatic carbocycles. The van der Waals surface area contributed by atoms with Crippen LogP contribution < -0.4 is 15.4 Å². The number of halogens is 1. The number of amides is 2. The second kappa shape index (κ2) is 8.87. The summed E-state index contributed by atoms with van der Waals surface area (Å²) in [6.45, 7) is 9.06. The largest absolute Gasteiger partial charge is 0.489 e. The van der Waals surface area contributed by atoms with Gasteiger partial charge in [0.05, 0.1) is 11.8 Å². The van der Waals surface area contributed by atoms with Gasteiger partial charge in [0, 0.05) is 25.2 Å². The maximum atomic E-state index is 13.5. The molecule has 1 aromatic rings. The van der Waals surface area contributed by atoms with Crippen LogP contribution in [0.25, 0.3) is 0 Å². The highest BCUT2D eigenvalue weighted by Gasteiger charge is 2.20. The van der Waals surface area contributed by atoms with E-state index in [0.29, 0.717) is 11.4 Å². The Labute approximate surface area is 143 Å². The zero-order valence-electron chi connectivity index (χ0n) is 14.8. The number of hydrogen-bond acceptors (Lipinski definition) is 3. The van der Waals surface area contributed by atoms with Gasteiger partial charge in [0.1, 0.15) is 11.6 Å². The van der Waals surface area contributed by atoms with Gasteiger partial charge in [0.15, 0.2) is 0 Å². The Morgan fingerprint density at radius 1 is 1.38 bits per heavy atom. The van der Waals surface area contributed by atoms with Gasteiger partial charge in [0.25, 0.3) is 0 Å². The summed E-state index contributed by atoms with van der Waals surface area (Å²) < 4.78 is 19.1. The first kappa shape index (κ1) is 18.5. The van der Waals surface area contributed by atoms with Crippen molar-refractivity contribution in [1.29, 1.82) is 0 Å². The van der Waals surface area contributed by atoms with Crippen LogP contribution >= 0.6 is 0 Å². The van der Waals surface area contributed by atoms with E-state index in [2.05, 4.69) is 22.5 Å². The molecule has 1 aromatic carbocycles. The predicted octanol–water partition coefficient (Wildman–Crippen LogP) is 3.61. The number of urea groups is 1. The van der Waals surface area contributed by atoms with E-state index in [1.807, 2.05) is 13.8 Å². The molecule has 1 aliphatic rings. The van der Waals surface area contributed by atoms with E-state index in [1.165, 1.54) is 18.2 Å². The minimum absolute atomic E-state index is 0.0537. The zero-order valence-corrected chi connectivity index (χ0v) is 14.8. The highest BCUT2D eigenvalue weighted by atomic mass is 19.1. The van der Waals surface area contributed by atoms with E-state index in [9.17, 15) is 9.18 Å². The number of anilines is 1. The van der Waals surface area contributed by atoms with Crippen molar-refractivity contribution in [3.8, 4) is 5.75 Å². The van der Waals surface area contributed by atoms with Gasteiger partial charge < -0.3 is 20.3 Å². The van der Waals surface area contributed by atoms with Crippen molar-refractivity contribution < 1.29 is 13.9 Å². The predicted molar refractivity (Wildman–Crippen MR) is 94.1 cm³/mol. The number of nitrogens with zero attached hydrogens (tertiary/aromatic N) is 1. The highest BCUT2D eigenvalue weighted by Crippen LogP contribution is 2.26. The van der Waals surface area contributed by atoms with Gasteiger partial charge in [-0.1, -0.05) is 6.92 Å². The standard InChI is InChI=1S/C18H28FN3O2/c1-4-9-22-10-7-15(8-11-22)20-18(23)21-16-12-14(19)5-6-17(16)24-13(2)3/h5-6,12-13,15H,4,7-11H2,1-3H3,(H2,20,21,23). The SMILES string of the molecule is CCCN1CCC(NC(=O)Nc2cc(F)ccc2OC(C)C)CC1. The zero-order chi connectivity index (χ0) is 17.5. The lowest BCUT2D eigenvalue weighted by Crippen LogP contribution is -2.46. The quantitative estimate of drug-likeness (QED) is 0.834. The first-order valence-electron chi connectivity index (χ1n) is 8.74. The van der Waals surface area contributed by atoms with E-state index in [4.69, 9.17) is 4.74 Å². The van der Waals surface area contributed by atoms with E-state index >= 15 is 0 Å². The normalized spacial score (nSPS) is 16.2. The third-order valence-corrected chi connectivity index (χ3v) is 4.02. The number of likely N-dealkylation sites (tertiary alicyclic amines) is 1. The summed E-state index contributed by atoms with van der Waals surface area (Å²) >= 11 is 0. The second-order valence-corrected chi connectivity index (χ2v) is 6.52. The van der Waals surface area contributed by atoms with Gasteiger partial charge in [-0.3, -0.25) is 0 Å². The molecule has 2 N–H and O–H groups in total. The number of rotatable bonds is 6. The maximum absolute atomic E-state index is 13.5. The molecule has 1 saturated heterocycles. The van der Waals surface area contributed by atoms with Crippen molar-refractivity contribution in [2.75, 3.05) is 25.0 Å². The van der Waals surface area contributed by atoms with Crippen LogP contribution in [0, 0.1) is 5.82 Å². The molecule has 1 aliphatic heterocycles. The van der Waals surface area contributed by atoms with Crippen LogP contribution in [0.1, 0.15) is 40.0 Å². The van der Waals surface area contributed by atoms with Crippen molar-refractivity contribution in [3.05, 3.63) is 24.0 Å². The number of piperidine rings is 1. The Morgan fingerprint density at radius 3 is 2.71 bits per heavy atom. The molecular weight excluding hydrogens is 309 g/mol. The molecule has 2 amide bonds. The molecular formula is C18H28FN3O2. The van der Waals surface area contributed by atoms with E-state index in [1.54, 1.807) is 0 Å². The molecule has 6 heteroatoms. The minimum Gasteiger partial charge on any atom is -0.489 e. The Morgan fingerprint density at radius 2 is 2.08 bits per heavy atom. The van der Waals surface area contributed by atoms with Crippen molar-refractivity contribution in [2.45, 2.75) is 52.2 Å². The van der Waals surface area contributed by atoms with Gasteiger partial charge in [-0.2, -0.15) is 0 Å². The number of carbonyl (C=O) groups is 1. The van der Waals surface area contributed by atoms with Crippen molar-refractivity contribution >= 4 is 11.7 Å². The Balaban J connectivity index is 1.89. The molecule has 24 heavy (non-hydrogen) atoms. The van der Waals surface area contributed by atoms with Crippen molar-refractivity contribution in [2.24, 2.45) is 0 Å². The van der Waals surface area contributed by atoms with Gasteiger partial charge in [-0.25, -0.2) is 9.18 Å². The smallest absolute Gasteiger partial charge is 0.319 e. The molecule has 1 fully saturated rings. The van der Waals surface area contributed by atoms with Gasteiger partial charge in [-0.15, -0.1) is 0 Å². The molecule has 1 heterocycles. The number of benzene rings is 1. The average Bonchev–Trinajstić information content (AvgIpc) is 2.52. The van der Waals surface area contributed by atoms with Crippen LogP contribution in [0.4, 0.5) is 14.9 Å². The summed E-state index contributed by atoms with van der Waals surface area (Å²) in [5.74, 6) is 0.0635. The summed E-state index contributed by atoms with van der Waals surface area (Å²) in [7, 11) is 0. The summed E-state index contributed by atoms with van der Waals surface area (Å²) in [5, 5.41) is 5.69. The molecule has 0 bridgehead atoms. The van der Waals surface area contributed by atoms with Crippen LogP contribution in [0.15, 0.2) is 18.2 Å². The van der Waals surface area contributed by atoms with Crippen LogP contribution in [0.2, 0.25) is 0 Å². The number of nitrogens with one attached hydrogen (secondary N) is 2. The third kappa shape index (κ3) is 5.67. The first-order chi connectivity index (χ1) is 11.5. The lowest BCUT2D eigenvalue weighted by atomic mass is 10.1. The second-order valence-electron chi connectivity index (χ2n) is 6.52. The Kier molecular flexibility index (Phi) is 6.85. The van der Waals surface area contributed by atoms with Crippen LogP contribution in [0.3, 0.4) is 0 Å². The molecule has 5 nitrogen and oxygen atoms in total. The molecule has 2 rings (SSSR count). The lowest BCUT2D eigenvalue weighted by Gasteiger charge is -2.32. The highest BCUT2D eigenvalue weighted by molar-refractivity contribution is 5.91.